The van der Waals surface area contributed by atoms with Gasteiger partial charge in [-0.05, 0) is 24.3 Å². The molecule has 1 N–H and O–H groups in total. The van der Waals surface area contributed by atoms with E-state index in [0.717, 1.165) is 0 Å². The van der Waals surface area contributed by atoms with Crippen LogP contribution in [0.5, 0.6) is 5.75 Å². The topological polar surface area (TPSA) is 89.6 Å². The fourth-order valence-electron chi connectivity index (χ4n) is 1.95. The number of carbonyl (C=O) groups is 1. The van der Waals surface area contributed by atoms with Gasteiger partial charge in [0.2, 0.25) is 5.82 Å². The number of hydrogen-bond donors (Lipinski definition) is 1. The van der Waals surface area contributed by atoms with Gasteiger partial charge >= 0.3 is 11.8 Å². The summed E-state index contributed by atoms with van der Waals surface area (Å²) in [5, 5.41) is 8.70. The molecule has 0 aliphatic heterocycles. The van der Waals surface area contributed by atoms with E-state index in [9.17, 15) is 4.79 Å². The minimum absolute atomic E-state index is 0.0149. The van der Waals surface area contributed by atoms with Crippen molar-refractivity contribution < 1.29 is 14.1 Å². The number of hydrogen-bond acceptors (Lipinski definition) is 6. The SMILES string of the molecule is O=C(N/N=C\c1c(Cl)cccc1Cl)c1nc(COc2ccccc2Cl)no1. The second-order valence-electron chi connectivity index (χ2n) is 5.07. The standard InChI is InChI=1S/C17H11Cl3N4O3/c18-11-5-3-6-12(19)10(11)8-21-23-16(25)17-22-15(24-27-17)9-26-14-7-2-1-4-13(14)20/h1-8H,9H2,(H,23,25)/b21-8-. The first-order valence-electron chi connectivity index (χ1n) is 7.52. The second kappa shape index (κ2) is 8.85. The van der Waals surface area contributed by atoms with E-state index >= 15 is 0 Å². The van der Waals surface area contributed by atoms with E-state index in [1.165, 1.54) is 6.21 Å². The Hall–Kier alpha value is -2.61. The fraction of sp³-hybridized carbons (Fsp3) is 0.0588. The Morgan fingerprint density at radius 2 is 1.81 bits per heavy atom. The normalized spacial score (nSPS) is 10.9. The van der Waals surface area contributed by atoms with Crippen molar-refractivity contribution in [3.05, 3.63) is 74.8 Å². The first-order valence-corrected chi connectivity index (χ1v) is 8.65. The third-order valence-corrected chi connectivity index (χ3v) is 4.19. The van der Waals surface area contributed by atoms with Crippen LogP contribution >= 0.6 is 34.8 Å². The van der Waals surface area contributed by atoms with E-state index in [-0.39, 0.29) is 18.3 Å². The molecule has 138 valence electrons. The minimum Gasteiger partial charge on any atom is -0.484 e. The van der Waals surface area contributed by atoms with Crippen LogP contribution in [0.1, 0.15) is 22.1 Å². The molecule has 3 aromatic rings. The molecule has 0 bridgehead atoms. The predicted octanol–water partition coefficient (Wildman–Crippen LogP) is 4.37. The lowest BCUT2D eigenvalue weighted by Crippen LogP contribution is -2.18. The smallest absolute Gasteiger partial charge is 0.329 e. The van der Waals surface area contributed by atoms with Crippen LogP contribution in [0.4, 0.5) is 0 Å². The van der Waals surface area contributed by atoms with Crippen molar-refractivity contribution in [2.45, 2.75) is 6.61 Å². The Kier molecular flexibility index (Phi) is 6.28. The van der Waals surface area contributed by atoms with Crippen molar-refractivity contribution in [1.82, 2.24) is 15.6 Å². The highest BCUT2D eigenvalue weighted by atomic mass is 35.5. The maximum absolute atomic E-state index is 12.0. The van der Waals surface area contributed by atoms with Gasteiger partial charge in [-0.3, -0.25) is 4.79 Å². The summed E-state index contributed by atoms with van der Waals surface area (Å²) in [5.41, 5.74) is 2.73. The molecule has 0 atom stereocenters. The first-order chi connectivity index (χ1) is 13.0. The van der Waals surface area contributed by atoms with Gasteiger partial charge in [0.25, 0.3) is 0 Å². The molecule has 1 heterocycles. The lowest BCUT2D eigenvalue weighted by Gasteiger charge is -2.04. The molecular weight excluding hydrogens is 415 g/mol. The van der Waals surface area contributed by atoms with E-state index in [0.29, 0.717) is 26.4 Å². The molecule has 0 aliphatic rings. The van der Waals surface area contributed by atoms with E-state index in [4.69, 9.17) is 44.1 Å². The van der Waals surface area contributed by atoms with Crippen molar-refractivity contribution in [3.63, 3.8) is 0 Å². The van der Waals surface area contributed by atoms with Crippen LogP contribution in [-0.4, -0.2) is 22.3 Å². The molecule has 0 radical (unpaired) electrons. The maximum atomic E-state index is 12.0. The number of carbonyl (C=O) groups excluding carboxylic acids is 1. The van der Waals surface area contributed by atoms with Gasteiger partial charge < -0.3 is 9.26 Å². The van der Waals surface area contributed by atoms with Gasteiger partial charge in [-0.2, -0.15) is 10.1 Å². The van der Waals surface area contributed by atoms with Crippen LogP contribution in [0.2, 0.25) is 15.1 Å². The summed E-state index contributed by atoms with van der Waals surface area (Å²) in [6.45, 7) is -0.0149. The molecule has 10 heteroatoms. The molecule has 27 heavy (non-hydrogen) atoms. The number of rotatable bonds is 6. The second-order valence-corrected chi connectivity index (χ2v) is 6.29. The zero-order valence-electron chi connectivity index (χ0n) is 13.5. The largest absolute Gasteiger partial charge is 0.484 e. The van der Waals surface area contributed by atoms with Crippen LogP contribution in [0.15, 0.2) is 52.1 Å². The number of amides is 1. The number of hydrazone groups is 1. The Bertz CT molecular complexity index is 971. The molecule has 2 aromatic carbocycles. The third kappa shape index (κ3) is 4.97. The molecule has 0 fully saturated rings. The van der Waals surface area contributed by atoms with Crippen molar-refractivity contribution in [2.24, 2.45) is 5.10 Å². The average Bonchev–Trinajstić information content (AvgIpc) is 3.12. The van der Waals surface area contributed by atoms with Crippen molar-refractivity contribution >= 4 is 46.9 Å². The fourth-order valence-corrected chi connectivity index (χ4v) is 2.63. The maximum Gasteiger partial charge on any atom is 0.329 e. The van der Waals surface area contributed by atoms with Gasteiger partial charge in [0.1, 0.15) is 5.75 Å². The molecule has 0 saturated heterocycles. The first kappa shape index (κ1) is 19.2. The van der Waals surface area contributed by atoms with Gasteiger partial charge in [-0.1, -0.05) is 58.2 Å². The van der Waals surface area contributed by atoms with Crippen LogP contribution < -0.4 is 10.2 Å². The molecule has 0 spiro atoms. The van der Waals surface area contributed by atoms with Gasteiger partial charge in [0, 0.05) is 5.56 Å². The molecule has 3 rings (SSSR count). The van der Waals surface area contributed by atoms with Crippen molar-refractivity contribution in [3.8, 4) is 5.75 Å². The van der Waals surface area contributed by atoms with E-state index < -0.39 is 5.91 Å². The Morgan fingerprint density at radius 1 is 1.11 bits per heavy atom. The summed E-state index contributed by atoms with van der Waals surface area (Å²) in [5.74, 6) is -0.310. The summed E-state index contributed by atoms with van der Waals surface area (Å²) < 4.78 is 10.4. The number of halogens is 3. The number of aromatic nitrogens is 2. The lowest BCUT2D eigenvalue weighted by molar-refractivity contribution is 0.0911. The Labute approximate surface area is 168 Å². The van der Waals surface area contributed by atoms with Gasteiger partial charge in [-0.25, -0.2) is 5.43 Å². The molecule has 0 saturated carbocycles. The van der Waals surface area contributed by atoms with Crippen LogP contribution in [0.3, 0.4) is 0 Å². The highest BCUT2D eigenvalue weighted by molar-refractivity contribution is 6.38. The van der Waals surface area contributed by atoms with Gasteiger partial charge in [0.05, 0.1) is 21.3 Å². The van der Waals surface area contributed by atoms with E-state index in [2.05, 4.69) is 20.7 Å². The number of para-hydroxylation sites is 1. The highest BCUT2D eigenvalue weighted by Gasteiger charge is 2.15. The van der Waals surface area contributed by atoms with Crippen molar-refractivity contribution in [1.29, 1.82) is 0 Å². The monoisotopic (exact) mass is 424 g/mol. The zero-order chi connectivity index (χ0) is 19.2. The summed E-state index contributed by atoms with van der Waals surface area (Å²) in [6.07, 6.45) is 1.32. The van der Waals surface area contributed by atoms with Crippen LogP contribution in [-0.2, 0) is 6.61 Å². The summed E-state index contributed by atoms with van der Waals surface area (Å²) in [6, 6.07) is 12.0. The number of ether oxygens (including phenoxy) is 1. The van der Waals surface area contributed by atoms with E-state index in [1.54, 1.807) is 42.5 Å². The lowest BCUT2D eigenvalue weighted by atomic mass is 10.2. The summed E-state index contributed by atoms with van der Waals surface area (Å²) in [4.78, 5) is 15.9. The molecule has 1 aromatic heterocycles. The van der Waals surface area contributed by atoms with Crippen LogP contribution in [0, 0.1) is 0 Å². The van der Waals surface area contributed by atoms with Crippen LogP contribution in [0.25, 0.3) is 0 Å². The predicted molar refractivity (Wildman–Crippen MR) is 102 cm³/mol. The zero-order valence-corrected chi connectivity index (χ0v) is 15.8. The average molecular weight is 426 g/mol. The molecule has 1 amide bonds. The highest BCUT2D eigenvalue weighted by Crippen LogP contribution is 2.24. The summed E-state index contributed by atoms with van der Waals surface area (Å²) >= 11 is 18.0. The third-order valence-electron chi connectivity index (χ3n) is 3.22. The molecule has 0 unspecified atom stereocenters. The number of benzene rings is 2. The number of nitrogens with one attached hydrogen (secondary N) is 1. The molecule has 0 aliphatic carbocycles. The Morgan fingerprint density at radius 3 is 2.56 bits per heavy atom. The van der Waals surface area contributed by atoms with Crippen molar-refractivity contribution in [2.75, 3.05) is 0 Å². The van der Waals surface area contributed by atoms with E-state index in [1.807, 2.05) is 0 Å². The molecular formula is C17H11Cl3N4O3. The summed E-state index contributed by atoms with van der Waals surface area (Å²) in [7, 11) is 0. The minimum atomic E-state index is -0.689. The number of nitrogens with zero attached hydrogens (tertiary/aromatic N) is 3. The van der Waals surface area contributed by atoms with Gasteiger partial charge in [0.15, 0.2) is 6.61 Å². The Balaban J connectivity index is 1.58. The quantitative estimate of drug-likeness (QED) is 0.468. The van der Waals surface area contributed by atoms with Gasteiger partial charge in [-0.15, -0.1) is 0 Å². The molecule has 7 nitrogen and oxygen atoms in total.